The molecule has 4 rings (SSSR count). The van der Waals surface area contributed by atoms with E-state index in [9.17, 15) is 0 Å². The lowest BCUT2D eigenvalue weighted by Gasteiger charge is -2.20. The van der Waals surface area contributed by atoms with Crippen LogP contribution in [0.5, 0.6) is 0 Å². The molecule has 1 aromatic heterocycles. The minimum Gasteiger partial charge on any atom is -0.292 e. The van der Waals surface area contributed by atoms with E-state index < -0.39 is 0 Å². The summed E-state index contributed by atoms with van der Waals surface area (Å²) < 4.78 is 2.25. The van der Waals surface area contributed by atoms with E-state index in [0.717, 1.165) is 28.1 Å². The molecule has 2 heteroatoms. The lowest BCUT2D eigenvalue weighted by Crippen LogP contribution is -2.11. The van der Waals surface area contributed by atoms with Crippen LogP contribution in [0.25, 0.3) is 28.1 Å². The summed E-state index contributed by atoms with van der Waals surface area (Å²) in [6.45, 7) is 6.73. The van der Waals surface area contributed by atoms with Gasteiger partial charge < -0.3 is 0 Å². The van der Waals surface area contributed by atoms with Gasteiger partial charge in [0.05, 0.1) is 11.0 Å². The molecule has 0 unspecified atom stereocenters. The highest BCUT2D eigenvalue weighted by Crippen LogP contribution is 2.31. The van der Waals surface area contributed by atoms with Gasteiger partial charge in [0.2, 0.25) is 0 Å². The maximum absolute atomic E-state index is 4.95. The molecule has 0 amide bonds. The van der Waals surface area contributed by atoms with E-state index in [2.05, 4.69) is 92.1 Å². The Labute approximate surface area is 148 Å². The van der Waals surface area contributed by atoms with Crippen LogP contribution in [0.3, 0.4) is 0 Å². The molecule has 4 aromatic rings. The number of aromatic nitrogens is 2. The van der Waals surface area contributed by atoms with Crippen molar-refractivity contribution in [3.05, 3.63) is 84.4 Å². The van der Waals surface area contributed by atoms with E-state index in [0.29, 0.717) is 0 Å². The third-order valence-corrected chi connectivity index (χ3v) is 4.56. The van der Waals surface area contributed by atoms with Gasteiger partial charge in [0, 0.05) is 11.3 Å². The highest BCUT2D eigenvalue weighted by molar-refractivity contribution is 5.83. The molecular weight excluding hydrogens is 304 g/mol. The van der Waals surface area contributed by atoms with E-state index in [1.54, 1.807) is 0 Å². The van der Waals surface area contributed by atoms with Crippen LogP contribution in [-0.4, -0.2) is 9.55 Å². The summed E-state index contributed by atoms with van der Waals surface area (Å²) >= 11 is 0. The van der Waals surface area contributed by atoms with Gasteiger partial charge in [0.25, 0.3) is 0 Å². The minimum absolute atomic E-state index is 0.111. The van der Waals surface area contributed by atoms with Crippen LogP contribution >= 0.6 is 0 Å². The van der Waals surface area contributed by atoms with Gasteiger partial charge in [0.1, 0.15) is 5.82 Å². The van der Waals surface area contributed by atoms with E-state index in [1.807, 2.05) is 12.1 Å². The average molecular weight is 326 g/mol. The summed E-state index contributed by atoms with van der Waals surface area (Å²) in [5.41, 5.74) is 5.85. The van der Waals surface area contributed by atoms with Crippen molar-refractivity contribution in [3.8, 4) is 17.1 Å². The van der Waals surface area contributed by atoms with Gasteiger partial charge in [-0.05, 0) is 41.3 Å². The third-order valence-electron chi connectivity index (χ3n) is 4.56. The van der Waals surface area contributed by atoms with Crippen LogP contribution in [0.4, 0.5) is 0 Å². The normalized spacial score (nSPS) is 11.8. The second-order valence-electron chi connectivity index (χ2n) is 7.43. The van der Waals surface area contributed by atoms with Crippen molar-refractivity contribution in [2.24, 2.45) is 0 Å². The Morgan fingerprint density at radius 1 is 0.760 bits per heavy atom. The molecule has 0 aliphatic heterocycles. The summed E-state index contributed by atoms with van der Waals surface area (Å²) in [5, 5.41) is 0. The molecule has 0 bridgehead atoms. The lowest BCUT2D eigenvalue weighted by molar-refractivity contribution is 0.590. The monoisotopic (exact) mass is 326 g/mol. The molecule has 2 nitrogen and oxygen atoms in total. The van der Waals surface area contributed by atoms with Gasteiger partial charge >= 0.3 is 0 Å². The molecule has 0 aliphatic carbocycles. The topological polar surface area (TPSA) is 17.8 Å². The molecule has 3 aromatic carbocycles. The molecule has 0 fully saturated rings. The molecule has 0 spiro atoms. The minimum atomic E-state index is 0.111. The SMILES string of the molecule is CC(C)(C)c1cccc(-c2nc3ccccc3n2-c2ccccc2)c1. The van der Waals surface area contributed by atoms with Gasteiger partial charge in [-0.1, -0.05) is 69.3 Å². The number of hydrogen-bond donors (Lipinski definition) is 0. The Hall–Kier alpha value is -2.87. The van der Waals surface area contributed by atoms with Gasteiger partial charge in [-0.25, -0.2) is 4.98 Å². The van der Waals surface area contributed by atoms with Crippen molar-refractivity contribution >= 4 is 11.0 Å². The van der Waals surface area contributed by atoms with Gasteiger partial charge in [-0.3, -0.25) is 4.57 Å². The molecule has 0 saturated carbocycles. The molecule has 25 heavy (non-hydrogen) atoms. The van der Waals surface area contributed by atoms with Crippen LogP contribution in [0.15, 0.2) is 78.9 Å². The summed E-state index contributed by atoms with van der Waals surface area (Å²) in [7, 11) is 0. The zero-order valence-electron chi connectivity index (χ0n) is 14.9. The zero-order valence-corrected chi connectivity index (χ0v) is 14.9. The Morgan fingerprint density at radius 3 is 2.24 bits per heavy atom. The Kier molecular flexibility index (Phi) is 3.69. The first-order valence-corrected chi connectivity index (χ1v) is 8.68. The highest BCUT2D eigenvalue weighted by Gasteiger charge is 2.17. The first-order valence-electron chi connectivity index (χ1n) is 8.68. The van der Waals surface area contributed by atoms with Crippen molar-refractivity contribution in [3.63, 3.8) is 0 Å². The van der Waals surface area contributed by atoms with E-state index in [-0.39, 0.29) is 5.41 Å². The number of benzene rings is 3. The lowest BCUT2D eigenvalue weighted by atomic mass is 9.86. The second-order valence-corrected chi connectivity index (χ2v) is 7.43. The van der Waals surface area contributed by atoms with E-state index in [1.165, 1.54) is 5.56 Å². The standard InChI is InChI=1S/C23H22N2/c1-23(2,3)18-11-9-10-17(16-18)22-24-20-14-7-8-15-21(20)25(22)19-12-5-4-6-13-19/h4-16H,1-3H3. The predicted octanol–water partition coefficient (Wildman–Crippen LogP) is 5.99. The van der Waals surface area contributed by atoms with Crippen molar-refractivity contribution in [1.82, 2.24) is 9.55 Å². The molecule has 0 radical (unpaired) electrons. The van der Waals surface area contributed by atoms with Gasteiger partial charge in [0.15, 0.2) is 0 Å². The van der Waals surface area contributed by atoms with Crippen molar-refractivity contribution in [2.45, 2.75) is 26.2 Å². The number of para-hydroxylation sites is 3. The largest absolute Gasteiger partial charge is 0.292 e. The molecular formula is C23H22N2. The third kappa shape index (κ3) is 2.85. The molecule has 1 heterocycles. The van der Waals surface area contributed by atoms with Crippen molar-refractivity contribution in [1.29, 1.82) is 0 Å². The number of rotatable bonds is 2. The maximum Gasteiger partial charge on any atom is 0.145 e. The Morgan fingerprint density at radius 2 is 1.48 bits per heavy atom. The number of hydrogen-bond acceptors (Lipinski definition) is 1. The van der Waals surface area contributed by atoms with E-state index >= 15 is 0 Å². The first-order chi connectivity index (χ1) is 12.0. The van der Waals surface area contributed by atoms with Gasteiger partial charge in [-0.2, -0.15) is 0 Å². The maximum atomic E-state index is 4.95. The Balaban J connectivity index is 2.00. The summed E-state index contributed by atoms with van der Waals surface area (Å²) in [4.78, 5) is 4.95. The van der Waals surface area contributed by atoms with Gasteiger partial charge in [-0.15, -0.1) is 0 Å². The molecule has 0 atom stereocenters. The molecule has 0 saturated heterocycles. The molecule has 0 aliphatic rings. The fraction of sp³-hybridized carbons (Fsp3) is 0.174. The smallest absolute Gasteiger partial charge is 0.145 e. The fourth-order valence-corrected chi connectivity index (χ4v) is 3.18. The van der Waals surface area contributed by atoms with Crippen LogP contribution in [0.2, 0.25) is 0 Å². The first kappa shape index (κ1) is 15.6. The van der Waals surface area contributed by atoms with Crippen molar-refractivity contribution in [2.75, 3.05) is 0 Å². The number of imidazole rings is 1. The van der Waals surface area contributed by atoms with Crippen molar-refractivity contribution < 1.29 is 0 Å². The fourth-order valence-electron chi connectivity index (χ4n) is 3.18. The van der Waals surface area contributed by atoms with Crippen LogP contribution in [-0.2, 0) is 5.41 Å². The average Bonchev–Trinajstić information content (AvgIpc) is 3.01. The zero-order chi connectivity index (χ0) is 17.4. The summed E-state index contributed by atoms with van der Waals surface area (Å²) in [5.74, 6) is 0.985. The second kappa shape index (κ2) is 5.89. The van der Waals surface area contributed by atoms with Crippen LogP contribution in [0, 0.1) is 0 Å². The number of fused-ring (bicyclic) bond motifs is 1. The molecule has 0 N–H and O–H groups in total. The quantitative estimate of drug-likeness (QED) is 0.442. The number of nitrogens with zero attached hydrogens (tertiary/aromatic N) is 2. The Bertz CT molecular complexity index is 1020. The summed E-state index contributed by atoms with van der Waals surface area (Å²) in [6, 6.07) is 27.5. The summed E-state index contributed by atoms with van der Waals surface area (Å²) in [6.07, 6.45) is 0. The predicted molar refractivity (Wildman–Crippen MR) is 105 cm³/mol. The van der Waals surface area contributed by atoms with E-state index in [4.69, 9.17) is 4.98 Å². The highest BCUT2D eigenvalue weighted by atomic mass is 15.1. The van der Waals surface area contributed by atoms with Crippen LogP contribution < -0.4 is 0 Å². The molecule has 124 valence electrons. The van der Waals surface area contributed by atoms with Crippen LogP contribution in [0.1, 0.15) is 26.3 Å².